The van der Waals surface area contributed by atoms with Crippen LogP contribution in [0.3, 0.4) is 0 Å². The summed E-state index contributed by atoms with van der Waals surface area (Å²) in [4.78, 5) is 9.00. The molecule has 25 heavy (non-hydrogen) atoms. The van der Waals surface area contributed by atoms with Crippen LogP contribution in [0.25, 0.3) is 0 Å². The third-order valence-corrected chi connectivity index (χ3v) is 4.10. The molecule has 0 amide bonds. The Labute approximate surface area is 174 Å². The van der Waals surface area contributed by atoms with Crippen molar-refractivity contribution in [3.8, 4) is 5.88 Å². The van der Waals surface area contributed by atoms with Crippen LogP contribution in [-0.4, -0.2) is 42.6 Å². The number of hydrogen-bond acceptors (Lipinski definition) is 4. The Hall–Kier alpha value is -0.700. The summed E-state index contributed by atoms with van der Waals surface area (Å²) in [5.74, 6) is 2.76. The van der Waals surface area contributed by atoms with Crippen molar-refractivity contribution in [1.82, 2.24) is 15.6 Å². The van der Waals surface area contributed by atoms with Crippen LogP contribution >= 0.6 is 35.7 Å². The molecule has 0 unspecified atom stereocenters. The number of aromatic nitrogens is 1. The highest BCUT2D eigenvalue weighted by atomic mass is 127. The molecule has 0 saturated carbocycles. The van der Waals surface area contributed by atoms with E-state index in [2.05, 4.69) is 40.7 Å². The second kappa shape index (κ2) is 16.8. The van der Waals surface area contributed by atoms with Gasteiger partial charge in [0.25, 0.3) is 0 Å². The normalized spacial score (nSPS) is 10.9. The second-order valence-electron chi connectivity index (χ2n) is 5.49. The first-order chi connectivity index (χ1) is 11.8. The van der Waals surface area contributed by atoms with E-state index in [4.69, 9.17) is 4.74 Å². The molecule has 144 valence electrons. The van der Waals surface area contributed by atoms with Gasteiger partial charge in [0.15, 0.2) is 5.96 Å². The lowest BCUT2D eigenvalue weighted by molar-refractivity contribution is 0.294. The third-order valence-electron chi connectivity index (χ3n) is 3.41. The summed E-state index contributed by atoms with van der Waals surface area (Å²) in [5.41, 5.74) is 1.02. The Kier molecular flexibility index (Phi) is 16.3. The lowest BCUT2D eigenvalue weighted by Crippen LogP contribution is -2.37. The van der Waals surface area contributed by atoms with Crippen molar-refractivity contribution >= 4 is 41.7 Å². The van der Waals surface area contributed by atoms with Crippen molar-refractivity contribution < 1.29 is 4.74 Å². The van der Waals surface area contributed by atoms with Crippen molar-refractivity contribution in [2.75, 3.05) is 31.7 Å². The maximum Gasteiger partial charge on any atom is 0.218 e. The van der Waals surface area contributed by atoms with Crippen LogP contribution < -0.4 is 15.4 Å². The predicted molar refractivity (Wildman–Crippen MR) is 120 cm³/mol. The largest absolute Gasteiger partial charge is 0.477 e. The molecule has 0 aliphatic rings. The average Bonchev–Trinajstić information content (AvgIpc) is 2.60. The highest BCUT2D eigenvalue weighted by molar-refractivity contribution is 14.0. The molecule has 0 bridgehead atoms. The lowest BCUT2D eigenvalue weighted by atomic mass is 10.2. The summed E-state index contributed by atoms with van der Waals surface area (Å²) in [6.45, 7) is 7.30. The smallest absolute Gasteiger partial charge is 0.218 e. The van der Waals surface area contributed by atoms with E-state index in [-0.39, 0.29) is 24.0 Å². The topological polar surface area (TPSA) is 58.5 Å². The van der Waals surface area contributed by atoms with Crippen LogP contribution in [0, 0.1) is 0 Å². The Bertz CT molecular complexity index is 474. The molecule has 1 heterocycles. The monoisotopic (exact) mass is 480 g/mol. The maximum atomic E-state index is 5.77. The lowest BCUT2D eigenvalue weighted by Gasteiger charge is -2.12. The molecule has 2 N–H and O–H groups in total. The molecule has 5 nitrogen and oxygen atoms in total. The van der Waals surface area contributed by atoms with Gasteiger partial charge in [0, 0.05) is 24.8 Å². The molecule has 0 radical (unpaired) electrons. The van der Waals surface area contributed by atoms with E-state index in [1.807, 2.05) is 23.9 Å². The van der Waals surface area contributed by atoms with Crippen molar-refractivity contribution in [2.24, 2.45) is 4.99 Å². The Balaban J connectivity index is 0.00000576. The third kappa shape index (κ3) is 11.5. The fourth-order valence-corrected chi connectivity index (χ4v) is 2.56. The summed E-state index contributed by atoms with van der Waals surface area (Å²) in [6.07, 6.45) is 8.46. The van der Waals surface area contributed by atoms with Gasteiger partial charge in [-0.1, -0.05) is 19.4 Å². The van der Waals surface area contributed by atoms with Gasteiger partial charge in [0.05, 0.1) is 13.2 Å². The van der Waals surface area contributed by atoms with Crippen LogP contribution in [0.4, 0.5) is 0 Å². The number of nitrogens with zero attached hydrogens (tertiary/aromatic N) is 2. The van der Waals surface area contributed by atoms with Gasteiger partial charge in [0.2, 0.25) is 5.88 Å². The molecule has 0 aromatic carbocycles. The number of rotatable bonds is 12. The first-order valence-electron chi connectivity index (χ1n) is 8.89. The van der Waals surface area contributed by atoms with Crippen molar-refractivity contribution in [3.63, 3.8) is 0 Å². The van der Waals surface area contributed by atoms with E-state index < -0.39 is 0 Å². The van der Waals surface area contributed by atoms with Gasteiger partial charge in [0.1, 0.15) is 0 Å². The highest BCUT2D eigenvalue weighted by Crippen LogP contribution is 2.15. The number of halogens is 1. The molecule has 0 saturated heterocycles. The van der Waals surface area contributed by atoms with E-state index in [0.717, 1.165) is 43.9 Å². The standard InChI is InChI=1S/C18H32N4OS.HI/c1-4-6-13-23-17-16(10-9-12-20-17)15-22-18(19-5-2)21-11-7-8-14-24-3;/h9-10,12H,4-8,11,13-15H2,1-3H3,(H2,19,21,22);1H. The number of hydrogen-bond donors (Lipinski definition) is 2. The highest BCUT2D eigenvalue weighted by Gasteiger charge is 2.05. The first kappa shape index (κ1) is 24.3. The van der Waals surface area contributed by atoms with Gasteiger partial charge in [-0.2, -0.15) is 11.8 Å². The number of thioether (sulfide) groups is 1. The van der Waals surface area contributed by atoms with Crippen LogP contribution in [0.5, 0.6) is 5.88 Å². The summed E-state index contributed by atoms with van der Waals surface area (Å²) < 4.78 is 5.77. The SMILES string of the molecule is CCCCOc1ncccc1CN=C(NCC)NCCCCSC.I. The van der Waals surface area contributed by atoms with Crippen LogP contribution in [0.2, 0.25) is 0 Å². The summed E-state index contributed by atoms with van der Waals surface area (Å²) >= 11 is 1.89. The zero-order chi connectivity index (χ0) is 17.5. The number of nitrogens with one attached hydrogen (secondary N) is 2. The maximum absolute atomic E-state index is 5.77. The van der Waals surface area contributed by atoms with Gasteiger partial charge in [-0.15, -0.1) is 24.0 Å². The molecule has 0 aliphatic heterocycles. The number of aliphatic imine (C=N–C) groups is 1. The van der Waals surface area contributed by atoms with Crippen LogP contribution in [0.1, 0.15) is 45.1 Å². The van der Waals surface area contributed by atoms with Gasteiger partial charge < -0.3 is 15.4 Å². The predicted octanol–water partition coefficient (Wildman–Crippen LogP) is 4.08. The van der Waals surface area contributed by atoms with Crippen LogP contribution in [0.15, 0.2) is 23.3 Å². The fraction of sp³-hybridized carbons (Fsp3) is 0.667. The summed E-state index contributed by atoms with van der Waals surface area (Å²) in [7, 11) is 0. The number of guanidine groups is 1. The van der Waals surface area contributed by atoms with Crippen molar-refractivity contribution in [3.05, 3.63) is 23.9 Å². The number of ether oxygens (including phenoxy) is 1. The quantitative estimate of drug-likeness (QED) is 0.204. The van der Waals surface area contributed by atoms with E-state index >= 15 is 0 Å². The molecule has 0 fully saturated rings. The minimum atomic E-state index is 0. The zero-order valence-electron chi connectivity index (χ0n) is 15.7. The minimum absolute atomic E-state index is 0. The van der Waals surface area contributed by atoms with Crippen molar-refractivity contribution in [1.29, 1.82) is 0 Å². The van der Waals surface area contributed by atoms with E-state index in [0.29, 0.717) is 19.0 Å². The summed E-state index contributed by atoms with van der Waals surface area (Å²) in [5, 5.41) is 6.68. The van der Waals surface area contributed by atoms with Gasteiger partial charge in [-0.05, 0) is 44.3 Å². The average molecular weight is 480 g/mol. The van der Waals surface area contributed by atoms with Crippen molar-refractivity contribution in [2.45, 2.75) is 46.1 Å². The summed E-state index contributed by atoms with van der Waals surface area (Å²) in [6, 6.07) is 3.96. The fourth-order valence-electron chi connectivity index (χ4n) is 2.07. The molecule has 1 rings (SSSR count). The second-order valence-corrected chi connectivity index (χ2v) is 6.48. The number of unbranched alkanes of at least 4 members (excludes halogenated alkanes) is 2. The molecular weight excluding hydrogens is 447 g/mol. The number of pyridine rings is 1. The zero-order valence-corrected chi connectivity index (χ0v) is 18.9. The Morgan fingerprint density at radius 3 is 2.80 bits per heavy atom. The Morgan fingerprint density at radius 2 is 2.08 bits per heavy atom. The molecule has 1 aromatic rings. The Morgan fingerprint density at radius 1 is 1.24 bits per heavy atom. The molecule has 1 aromatic heterocycles. The first-order valence-corrected chi connectivity index (χ1v) is 10.3. The molecular formula is C18H33IN4OS. The van der Waals surface area contributed by atoms with E-state index in [1.54, 1.807) is 6.20 Å². The van der Waals surface area contributed by atoms with E-state index in [1.165, 1.54) is 12.2 Å². The van der Waals surface area contributed by atoms with Gasteiger partial charge in [-0.3, -0.25) is 0 Å². The van der Waals surface area contributed by atoms with Crippen LogP contribution in [-0.2, 0) is 6.54 Å². The van der Waals surface area contributed by atoms with Gasteiger partial charge >= 0.3 is 0 Å². The minimum Gasteiger partial charge on any atom is -0.477 e. The molecule has 0 atom stereocenters. The molecule has 7 heteroatoms. The molecule has 0 spiro atoms. The van der Waals surface area contributed by atoms with E-state index in [9.17, 15) is 0 Å². The van der Waals surface area contributed by atoms with Gasteiger partial charge in [-0.25, -0.2) is 9.98 Å². The molecule has 0 aliphatic carbocycles.